The molecule has 5 heteroatoms. The molecule has 116 valence electrons. The van der Waals surface area contributed by atoms with Crippen LogP contribution in [0.15, 0.2) is 59.1 Å². The van der Waals surface area contributed by atoms with E-state index in [1.54, 1.807) is 44.6 Å². The SMILES string of the molecule is COc1ccc(C(=O)c2cc(-c3ccc(OC)cc3)on2)cc1. The normalized spacial score (nSPS) is 10.3. The van der Waals surface area contributed by atoms with Crippen LogP contribution in [0.4, 0.5) is 0 Å². The van der Waals surface area contributed by atoms with Crippen molar-refractivity contribution in [1.29, 1.82) is 0 Å². The fourth-order valence-electron chi connectivity index (χ4n) is 2.16. The van der Waals surface area contributed by atoms with Gasteiger partial charge >= 0.3 is 0 Å². The van der Waals surface area contributed by atoms with Crippen molar-refractivity contribution in [3.05, 3.63) is 65.9 Å². The van der Waals surface area contributed by atoms with Gasteiger partial charge in [-0.15, -0.1) is 0 Å². The van der Waals surface area contributed by atoms with E-state index < -0.39 is 0 Å². The highest BCUT2D eigenvalue weighted by molar-refractivity contribution is 6.08. The van der Waals surface area contributed by atoms with E-state index in [1.165, 1.54) is 0 Å². The standard InChI is InChI=1S/C18H15NO4/c1-21-14-7-3-12(4-8-14)17-11-16(19-23-17)18(20)13-5-9-15(22-2)10-6-13/h3-11H,1-2H3. The summed E-state index contributed by atoms with van der Waals surface area (Å²) in [5.41, 5.74) is 1.62. The van der Waals surface area contributed by atoms with Crippen LogP contribution in [0.1, 0.15) is 16.1 Å². The maximum absolute atomic E-state index is 12.4. The van der Waals surface area contributed by atoms with E-state index in [0.29, 0.717) is 17.1 Å². The zero-order valence-corrected chi connectivity index (χ0v) is 12.8. The van der Waals surface area contributed by atoms with Crippen LogP contribution in [0.3, 0.4) is 0 Å². The fraction of sp³-hybridized carbons (Fsp3) is 0.111. The molecule has 0 aliphatic heterocycles. The minimum atomic E-state index is -0.198. The molecular formula is C18H15NO4. The Balaban J connectivity index is 1.83. The van der Waals surface area contributed by atoms with Crippen molar-refractivity contribution < 1.29 is 18.8 Å². The van der Waals surface area contributed by atoms with Gasteiger partial charge in [-0.3, -0.25) is 4.79 Å². The first-order valence-electron chi connectivity index (χ1n) is 7.01. The molecule has 0 spiro atoms. The molecule has 0 unspecified atom stereocenters. The number of aromatic nitrogens is 1. The Morgan fingerprint density at radius 3 is 2.04 bits per heavy atom. The second kappa shape index (κ2) is 6.36. The molecule has 3 rings (SSSR count). The van der Waals surface area contributed by atoms with Crippen molar-refractivity contribution in [2.75, 3.05) is 14.2 Å². The van der Waals surface area contributed by atoms with Crippen molar-refractivity contribution >= 4 is 5.78 Å². The number of rotatable bonds is 5. The van der Waals surface area contributed by atoms with Gasteiger partial charge in [-0.2, -0.15) is 0 Å². The number of methoxy groups -OCH3 is 2. The minimum absolute atomic E-state index is 0.198. The van der Waals surface area contributed by atoms with E-state index in [1.807, 2.05) is 24.3 Å². The number of nitrogens with zero attached hydrogens (tertiary/aromatic N) is 1. The third kappa shape index (κ3) is 3.08. The van der Waals surface area contributed by atoms with Gasteiger partial charge in [0.15, 0.2) is 11.5 Å². The number of hydrogen-bond donors (Lipinski definition) is 0. The molecule has 5 nitrogen and oxygen atoms in total. The van der Waals surface area contributed by atoms with Gasteiger partial charge in [0.25, 0.3) is 0 Å². The van der Waals surface area contributed by atoms with Crippen LogP contribution in [0.5, 0.6) is 11.5 Å². The van der Waals surface area contributed by atoms with E-state index in [9.17, 15) is 4.79 Å². The maximum atomic E-state index is 12.4. The zero-order valence-electron chi connectivity index (χ0n) is 12.8. The van der Waals surface area contributed by atoms with E-state index >= 15 is 0 Å². The molecule has 3 aromatic rings. The molecular weight excluding hydrogens is 294 g/mol. The molecule has 2 aromatic carbocycles. The van der Waals surface area contributed by atoms with Gasteiger partial charge in [0, 0.05) is 17.2 Å². The molecule has 0 saturated heterocycles. The van der Waals surface area contributed by atoms with Crippen LogP contribution in [-0.4, -0.2) is 25.2 Å². The predicted molar refractivity (Wildman–Crippen MR) is 84.9 cm³/mol. The molecule has 0 saturated carbocycles. The van der Waals surface area contributed by atoms with Crippen molar-refractivity contribution in [1.82, 2.24) is 5.16 Å². The predicted octanol–water partition coefficient (Wildman–Crippen LogP) is 3.59. The number of hydrogen-bond acceptors (Lipinski definition) is 5. The molecule has 1 aromatic heterocycles. The second-order valence-corrected chi connectivity index (χ2v) is 4.86. The third-order valence-electron chi connectivity index (χ3n) is 3.47. The Morgan fingerprint density at radius 1 is 0.913 bits per heavy atom. The van der Waals surface area contributed by atoms with E-state index in [-0.39, 0.29) is 11.5 Å². The Kier molecular flexibility index (Phi) is 4.10. The van der Waals surface area contributed by atoms with Crippen LogP contribution in [-0.2, 0) is 0 Å². The average Bonchev–Trinajstić information content (AvgIpc) is 3.11. The Hall–Kier alpha value is -3.08. The molecule has 0 fully saturated rings. The van der Waals surface area contributed by atoms with Crippen LogP contribution in [0, 0.1) is 0 Å². The Bertz CT molecular complexity index is 804. The van der Waals surface area contributed by atoms with Gasteiger partial charge < -0.3 is 14.0 Å². The second-order valence-electron chi connectivity index (χ2n) is 4.86. The molecule has 0 aliphatic rings. The molecule has 0 N–H and O–H groups in total. The van der Waals surface area contributed by atoms with Gasteiger partial charge in [-0.25, -0.2) is 0 Å². The van der Waals surface area contributed by atoms with Crippen molar-refractivity contribution in [2.45, 2.75) is 0 Å². The molecule has 0 amide bonds. The van der Waals surface area contributed by atoms with Crippen molar-refractivity contribution in [3.63, 3.8) is 0 Å². The third-order valence-corrected chi connectivity index (χ3v) is 3.47. The van der Waals surface area contributed by atoms with Gasteiger partial charge in [-0.1, -0.05) is 5.16 Å². The van der Waals surface area contributed by atoms with E-state index in [2.05, 4.69) is 5.16 Å². The highest BCUT2D eigenvalue weighted by Crippen LogP contribution is 2.24. The van der Waals surface area contributed by atoms with Gasteiger partial charge in [0.05, 0.1) is 14.2 Å². The highest BCUT2D eigenvalue weighted by atomic mass is 16.5. The number of ketones is 1. The summed E-state index contributed by atoms with van der Waals surface area (Å²) in [6.07, 6.45) is 0. The summed E-state index contributed by atoms with van der Waals surface area (Å²) in [5.74, 6) is 1.78. The topological polar surface area (TPSA) is 61.6 Å². The summed E-state index contributed by atoms with van der Waals surface area (Å²) >= 11 is 0. The summed E-state index contributed by atoms with van der Waals surface area (Å²) in [6.45, 7) is 0. The lowest BCUT2D eigenvalue weighted by molar-refractivity contribution is 0.103. The lowest BCUT2D eigenvalue weighted by atomic mass is 10.1. The lowest BCUT2D eigenvalue weighted by Gasteiger charge is -2.00. The van der Waals surface area contributed by atoms with E-state index in [4.69, 9.17) is 14.0 Å². The molecule has 23 heavy (non-hydrogen) atoms. The molecule has 0 aliphatic carbocycles. The minimum Gasteiger partial charge on any atom is -0.497 e. The maximum Gasteiger partial charge on any atom is 0.214 e. The lowest BCUT2D eigenvalue weighted by Crippen LogP contribution is -2.01. The Labute approximate surface area is 133 Å². The number of ether oxygens (including phenoxy) is 2. The van der Waals surface area contributed by atoms with Gasteiger partial charge in [0.2, 0.25) is 5.78 Å². The fourth-order valence-corrected chi connectivity index (χ4v) is 2.16. The summed E-state index contributed by atoms with van der Waals surface area (Å²) in [6, 6.07) is 15.8. The largest absolute Gasteiger partial charge is 0.497 e. The average molecular weight is 309 g/mol. The number of carbonyl (C=O) groups is 1. The summed E-state index contributed by atoms with van der Waals surface area (Å²) < 4.78 is 15.5. The molecule has 1 heterocycles. The summed E-state index contributed by atoms with van der Waals surface area (Å²) in [7, 11) is 3.19. The van der Waals surface area contributed by atoms with Crippen LogP contribution < -0.4 is 9.47 Å². The Morgan fingerprint density at radius 2 is 1.48 bits per heavy atom. The highest BCUT2D eigenvalue weighted by Gasteiger charge is 2.15. The smallest absolute Gasteiger partial charge is 0.214 e. The number of carbonyl (C=O) groups excluding carboxylic acids is 1. The summed E-state index contributed by atoms with van der Waals surface area (Å²) in [5, 5.41) is 3.87. The monoisotopic (exact) mass is 309 g/mol. The van der Waals surface area contributed by atoms with Crippen molar-refractivity contribution in [3.8, 4) is 22.8 Å². The molecule has 0 bridgehead atoms. The van der Waals surface area contributed by atoms with Gasteiger partial charge in [-0.05, 0) is 48.5 Å². The quantitative estimate of drug-likeness (QED) is 0.674. The summed E-state index contributed by atoms with van der Waals surface area (Å²) in [4.78, 5) is 12.4. The number of benzene rings is 2. The van der Waals surface area contributed by atoms with Crippen LogP contribution in [0.2, 0.25) is 0 Å². The van der Waals surface area contributed by atoms with Crippen LogP contribution >= 0.6 is 0 Å². The van der Waals surface area contributed by atoms with Crippen LogP contribution in [0.25, 0.3) is 11.3 Å². The first-order valence-corrected chi connectivity index (χ1v) is 7.01. The van der Waals surface area contributed by atoms with E-state index in [0.717, 1.165) is 11.3 Å². The van der Waals surface area contributed by atoms with Gasteiger partial charge in [0.1, 0.15) is 11.5 Å². The first kappa shape index (κ1) is 14.8. The zero-order chi connectivity index (χ0) is 16.2. The molecule has 0 radical (unpaired) electrons. The molecule has 0 atom stereocenters. The van der Waals surface area contributed by atoms with Crippen molar-refractivity contribution in [2.24, 2.45) is 0 Å². The first-order chi connectivity index (χ1) is 11.2.